The molecule has 0 radical (unpaired) electrons. The highest BCUT2D eigenvalue weighted by Crippen LogP contribution is 2.34. The third-order valence-corrected chi connectivity index (χ3v) is 3.61. The van der Waals surface area contributed by atoms with Crippen molar-refractivity contribution in [2.45, 2.75) is 52.4 Å². The standard InChI is InChI=1S/C15H24O2.C3H3N3/c1-4-6-7-8-9-13-12(5-2)10-11-14(16)15(13)17-3;1-2-4-6-5-3-1/h10-11,16H,4-9H2,1-3H3;1-3H. The van der Waals surface area contributed by atoms with E-state index < -0.39 is 0 Å². The molecule has 2 aromatic rings. The van der Waals surface area contributed by atoms with Crippen molar-refractivity contribution in [3.8, 4) is 11.5 Å². The van der Waals surface area contributed by atoms with E-state index in [1.165, 1.54) is 36.8 Å². The van der Waals surface area contributed by atoms with Crippen molar-refractivity contribution in [3.63, 3.8) is 0 Å². The Balaban J connectivity index is 0.000000366. The highest BCUT2D eigenvalue weighted by atomic mass is 16.5. The van der Waals surface area contributed by atoms with E-state index >= 15 is 0 Å². The van der Waals surface area contributed by atoms with E-state index in [9.17, 15) is 5.11 Å². The smallest absolute Gasteiger partial charge is 0.163 e. The van der Waals surface area contributed by atoms with Gasteiger partial charge in [-0.05, 0) is 42.2 Å². The Labute approximate surface area is 138 Å². The molecule has 23 heavy (non-hydrogen) atoms. The van der Waals surface area contributed by atoms with Gasteiger partial charge in [-0.25, -0.2) is 0 Å². The fourth-order valence-corrected chi connectivity index (χ4v) is 2.42. The van der Waals surface area contributed by atoms with Crippen molar-refractivity contribution < 1.29 is 9.84 Å². The van der Waals surface area contributed by atoms with Crippen LogP contribution in [0.2, 0.25) is 0 Å². The van der Waals surface area contributed by atoms with E-state index in [2.05, 4.69) is 29.3 Å². The molecule has 0 spiro atoms. The molecule has 0 aliphatic heterocycles. The van der Waals surface area contributed by atoms with Gasteiger partial charge in [-0.2, -0.15) is 0 Å². The molecule has 2 rings (SSSR count). The number of hydrogen-bond acceptors (Lipinski definition) is 5. The number of aromatic hydroxyl groups is 1. The first kappa shape index (κ1) is 18.9. The number of hydrogen-bond donors (Lipinski definition) is 1. The van der Waals surface area contributed by atoms with Gasteiger partial charge < -0.3 is 9.84 Å². The van der Waals surface area contributed by atoms with E-state index in [-0.39, 0.29) is 5.75 Å². The van der Waals surface area contributed by atoms with Crippen LogP contribution in [0.25, 0.3) is 0 Å². The molecule has 1 aromatic carbocycles. The molecule has 0 bridgehead atoms. The maximum Gasteiger partial charge on any atom is 0.163 e. The zero-order chi connectivity index (χ0) is 16.9. The lowest BCUT2D eigenvalue weighted by Gasteiger charge is -2.14. The van der Waals surface area contributed by atoms with Gasteiger partial charge in [0.25, 0.3) is 0 Å². The highest BCUT2D eigenvalue weighted by molar-refractivity contribution is 5.50. The zero-order valence-electron chi connectivity index (χ0n) is 14.3. The third kappa shape index (κ3) is 6.63. The van der Waals surface area contributed by atoms with Gasteiger partial charge in [0.05, 0.1) is 19.5 Å². The molecule has 0 amide bonds. The van der Waals surface area contributed by atoms with Crippen LogP contribution in [0.4, 0.5) is 0 Å². The minimum atomic E-state index is 0.259. The fourth-order valence-electron chi connectivity index (χ4n) is 2.42. The van der Waals surface area contributed by atoms with Crippen LogP contribution in [0.3, 0.4) is 0 Å². The van der Waals surface area contributed by atoms with Gasteiger partial charge in [-0.15, -0.1) is 10.2 Å². The topological polar surface area (TPSA) is 68.1 Å². The van der Waals surface area contributed by atoms with Crippen molar-refractivity contribution in [2.24, 2.45) is 0 Å². The number of nitrogens with zero attached hydrogens (tertiary/aromatic N) is 3. The van der Waals surface area contributed by atoms with Crippen LogP contribution in [0.1, 0.15) is 50.7 Å². The van der Waals surface area contributed by atoms with E-state index in [0.717, 1.165) is 12.8 Å². The van der Waals surface area contributed by atoms with Crippen molar-refractivity contribution in [3.05, 3.63) is 41.7 Å². The summed E-state index contributed by atoms with van der Waals surface area (Å²) >= 11 is 0. The van der Waals surface area contributed by atoms with Crippen LogP contribution in [-0.4, -0.2) is 27.6 Å². The van der Waals surface area contributed by atoms with Gasteiger partial charge in [-0.1, -0.05) is 39.2 Å². The maximum atomic E-state index is 9.79. The van der Waals surface area contributed by atoms with Gasteiger partial charge in [-0.3, -0.25) is 0 Å². The van der Waals surface area contributed by atoms with E-state index in [1.54, 1.807) is 31.6 Å². The van der Waals surface area contributed by atoms with Crippen molar-refractivity contribution in [1.29, 1.82) is 0 Å². The minimum Gasteiger partial charge on any atom is -0.504 e. The summed E-state index contributed by atoms with van der Waals surface area (Å²) in [5.74, 6) is 0.927. The third-order valence-electron chi connectivity index (χ3n) is 3.61. The lowest BCUT2D eigenvalue weighted by molar-refractivity contribution is 0.368. The van der Waals surface area contributed by atoms with Gasteiger partial charge in [0.2, 0.25) is 0 Å². The first-order valence-corrected chi connectivity index (χ1v) is 8.20. The summed E-state index contributed by atoms with van der Waals surface area (Å²) in [5, 5.41) is 19.9. The minimum absolute atomic E-state index is 0.259. The lowest BCUT2D eigenvalue weighted by Crippen LogP contribution is -1.98. The Kier molecular flexibility index (Phi) is 9.36. The largest absolute Gasteiger partial charge is 0.504 e. The second-order valence-electron chi connectivity index (χ2n) is 5.23. The molecule has 0 atom stereocenters. The maximum absolute atomic E-state index is 9.79. The van der Waals surface area contributed by atoms with Crippen molar-refractivity contribution in [1.82, 2.24) is 15.4 Å². The molecule has 0 fully saturated rings. The lowest BCUT2D eigenvalue weighted by atomic mass is 9.97. The summed E-state index contributed by atoms with van der Waals surface area (Å²) in [6.45, 7) is 4.35. The predicted molar refractivity (Wildman–Crippen MR) is 91.7 cm³/mol. The zero-order valence-corrected chi connectivity index (χ0v) is 14.3. The summed E-state index contributed by atoms with van der Waals surface area (Å²) in [6, 6.07) is 5.45. The van der Waals surface area contributed by atoms with Crippen LogP contribution >= 0.6 is 0 Å². The molecule has 0 aliphatic rings. The first-order valence-electron chi connectivity index (χ1n) is 8.20. The SMILES string of the molecule is CCCCCCc1c(CC)ccc(O)c1OC.c1cnnnc1. The molecule has 0 aliphatic carbocycles. The monoisotopic (exact) mass is 317 g/mol. The molecule has 5 heteroatoms. The number of benzene rings is 1. The molecule has 1 aromatic heterocycles. The predicted octanol–water partition coefficient (Wildman–Crippen LogP) is 3.96. The van der Waals surface area contributed by atoms with E-state index in [1.807, 2.05) is 6.07 Å². The van der Waals surface area contributed by atoms with Gasteiger partial charge in [0.1, 0.15) is 0 Å². The summed E-state index contributed by atoms with van der Waals surface area (Å²) in [4.78, 5) is 0. The van der Waals surface area contributed by atoms with Gasteiger partial charge in [0.15, 0.2) is 11.5 Å². The number of aromatic nitrogens is 3. The number of phenolic OH excluding ortho intramolecular Hbond substituents is 1. The number of phenols is 1. The second-order valence-corrected chi connectivity index (χ2v) is 5.23. The number of ether oxygens (including phenoxy) is 1. The highest BCUT2D eigenvalue weighted by Gasteiger charge is 2.12. The number of methoxy groups -OCH3 is 1. The molecular formula is C18H27N3O2. The first-order chi connectivity index (χ1) is 11.2. The van der Waals surface area contributed by atoms with Crippen molar-refractivity contribution in [2.75, 3.05) is 7.11 Å². The average Bonchev–Trinajstić information content (AvgIpc) is 2.61. The number of aryl methyl sites for hydroxylation is 1. The quantitative estimate of drug-likeness (QED) is 0.783. The molecule has 0 saturated carbocycles. The molecular weight excluding hydrogens is 290 g/mol. The summed E-state index contributed by atoms with van der Waals surface area (Å²) in [7, 11) is 1.63. The summed E-state index contributed by atoms with van der Waals surface area (Å²) in [6.07, 6.45) is 10.1. The van der Waals surface area contributed by atoms with Crippen LogP contribution in [0.15, 0.2) is 30.6 Å². The second kappa shape index (κ2) is 11.4. The number of rotatable bonds is 7. The number of unbranched alkanes of at least 4 members (excludes halogenated alkanes) is 3. The molecule has 126 valence electrons. The molecule has 0 unspecified atom stereocenters. The summed E-state index contributed by atoms with van der Waals surface area (Å²) in [5.41, 5.74) is 2.47. The average molecular weight is 317 g/mol. The van der Waals surface area contributed by atoms with Gasteiger partial charge >= 0.3 is 0 Å². The molecule has 0 saturated heterocycles. The van der Waals surface area contributed by atoms with E-state index in [4.69, 9.17) is 4.74 Å². The summed E-state index contributed by atoms with van der Waals surface area (Å²) < 4.78 is 5.33. The van der Waals surface area contributed by atoms with Crippen LogP contribution in [0, 0.1) is 0 Å². The van der Waals surface area contributed by atoms with E-state index in [0.29, 0.717) is 5.75 Å². The normalized spacial score (nSPS) is 9.87. The Morgan fingerprint density at radius 2 is 1.78 bits per heavy atom. The molecule has 5 nitrogen and oxygen atoms in total. The Morgan fingerprint density at radius 1 is 1.04 bits per heavy atom. The van der Waals surface area contributed by atoms with Crippen LogP contribution < -0.4 is 4.74 Å². The Morgan fingerprint density at radius 3 is 2.26 bits per heavy atom. The molecule has 1 heterocycles. The van der Waals surface area contributed by atoms with Crippen LogP contribution in [-0.2, 0) is 12.8 Å². The Hall–Kier alpha value is -2.17. The van der Waals surface area contributed by atoms with Crippen LogP contribution in [0.5, 0.6) is 11.5 Å². The van der Waals surface area contributed by atoms with Crippen molar-refractivity contribution >= 4 is 0 Å². The Bertz CT molecular complexity index is 521. The van der Waals surface area contributed by atoms with Gasteiger partial charge in [0, 0.05) is 5.56 Å². The molecule has 1 N–H and O–H groups in total. The fraction of sp³-hybridized carbons (Fsp3) is 0.500.